The second-order valence-corrected chi connectivity index (χ2v) is 6.28. The molecular weight excluding hydrogens is 308 g/mol. The van der Waals surface area contributed by atoms with Crippen LogP contribution in [0.4, 0.5) is 0 Å². The van der Waals surface area contributed by atoms with E-state index in [2.05, 4.69) is 20.7 Å². The van der Waals surface area contributed by atoms with Gasteiger partial charge in [-0.25, -0.2) is 13.1 Å². The highest BCUT2D eigenvalue weighted by Crippen LogP contribution is 2.16. The Kier molecular flexibility index (Phi) is 4.67. The molecule has 0 saturated carbocycles. The molecule has 0 heterocycles. The number of benzene rings is 1. The first-order valence-corrected chi connectivity index (χ1v) is 7.15. The zero-order valence-electron chi connectivity index (χ0n) is 9.18. The molecule has 0 aromatic heterocycles. The minimum absolute atomic E-state index is 0.0345. The second-order valence-electron chi connectivity index (χ2n) is 3.65. The predicted octanol–water partition coefficient (Wildman–Crippen LogP) is 0.991. The van der Waals surface area contributed by atoms with Gasteiger partial charge >= 0.3 is 0 Å². The zero-order valence-corrected chi connectivity index (χ0v) is 11.6. The van der Waals surface area contributed by atoms with Crippen LogP contribution in [0.15, 0.2) is 33.6 Å². The molecule has 5 nitrogen and oxygen atoms in total. The maximum Gasteiger partial charge on any atom is 0.240 e. The summed E-state index contributed by atoms with van der Waals surface area (Å²) >= 11 is 3.19. The van der Waals surface area contributed by atoms with E-state index in [9.17, 15) is 13.2 Å². The first-order chi connectivity index (χ1) is 7.81. The summed E-state index contributed by atoms with van der Waals surface area (Å²) in [5.41, 5.74) is 4.99. The topological polar surface area (TPSA) is 89.3 Å². The Labute approximate surface area is 109 Å². The monoisotopic (exact) mass is 320 g/mol. The molecule has 0 aliphatic rings. The van der Waals surface area contributed by atoms with Crippen LogP contribution in [-0.2, 0) is 14.8 Å². The number of hydrogen-bond acceptors (Lipinski definition) is 3. The van der Waals surface area contributed by atoms with Gasteiger partial charge in [-0.15, -0.1) is 0 Å². The third-order valence-electron chi connectivity index (χ3n) is 1.97. The van der Waals surface area contributed by atoms with Gasteiger partial charge in [0.1, 0.15) is 0 Å². The fourth-order valence-electron chi connectivity index (χ4n) is 1.31. The lowest BCUT2D eigenvalue weighted by atomic mass is 10.2. The quantitative estimate of drug-likeness (QED) is 0.847. The number of hydrogen-bond donors (Lipinski definition) is 2. The molecule has 0 radical (unpaired) electrons. The standard InChI is InChI=1S/C10H13BrN2O3S/c1-7(5-10(12)14)13-17(15,16)9-4-2-3-8(11)6-9/h2-4,6-7,13H,5H2,1H3,(H2,12,14). The molecule has 3 N–H and O–H groups in total. The van der Waals surface area contributed by atoms with E-state index in [0.29, 0.717) is 4.47 Å². The van der Waals surface area contributed by atoms with Gasteiger partial charge in [-0.3, -0.25) is 4.79 Å². The highest BCUT2D eigenvalue weighted by Gasteiger charge is 2.18. The van der Waals surface area contributed by atoms with Crippen LogP contribution in [0.25, 0.3) is 0 Å². The van der Waals surface area contributed by atoms with E-state index in [0.717, 1.165) is 0 Å². The van der Waals surface area contributed by atoms with Crippen molar-refractivity contribution in [1.82, 2.24) is 4.72 Å². The Morgan fingerprint density at radius 1 is 1.53 bits per heavy atom. The van der Waals surface area contributed by atoms with Gasteiger partial charge in [0.15, 0.2) is 0 Å². The third-order valence-corrected chi connectivity index (χ3v) is 4.05. The minimum Gasteiger partial charge on any atom is -0.370 e. The van der Waals surface area contributed by atoms with Crippen LogP contribution in [0, 0.1) is 0 Å². The Bertz CT molecular complexity index is 516. The van der Waals surface area contributed by atoms with Crippen LogP contribution >= 0.6 is 15.9 Å². The van der Waals surface area contributed by atoms with Gasteiger partial charge in [-0.05, 0) is 25.1 Å². The van der Waals surface area contributed by atoms with Crippen molar-refractivity contribution >= 4 is 31.9 Å². The molecule has 0 saturated heterocycles. The number of carbonyl (C=O) groups excluding carboxylic acids is 1. The summed E-state index contributed by atoms with van der Waals surface area (Å²) in [6, 6.07) is 5.78. The number of nitrogens with two attached hydrogens (primary N) is 1. The lowest BCUT2D eigenvalue weighted by Gasteiger charge is -2.12. The van der Waals surface area contributed by atoms with Crippen LogP contribution in [-0.4, -0.2) is 20.4 Å². The highest BCUT2D eigenvalue weighted by molar-refractivity contribution is 9.10. The fourth-order valence-corrected chi connectivity index (χ4v) is 3.15. The Hall–Kier alpha value is -0.920. The molecule has 1 rings (SSSR count). The minimum atomic E-state index is -3.62. The third kappa shape index (κ3) is 4.45. The first kappa shape index (κ1) is 14.1. The van der Waals surface area contributed by atoms with Crippen molar-refractivity contribution in [3.63, 3.8) is 0 Å². The van der Waals surface area contributed by atoms with E-state index < -0.39 is 22.0 Å². The number of primary amides is 1. The van der Waals surface area contributed by atoms with Gasteiger partial charge in [0, 0.05) is 16.9 Å². The molecule has 17 heavy (non-hydrogen) atoms. The summed E-state index contributed by atoms with van der Waals surface area (Å²) in [4.78, 5) is 10.8. The van der Waals surface area contributed by atoms with Gasteiger partial charge < -0.3 is 5.73 Å². The van der Waals surface area contributed by atoms with Crippen LogP contribution in [0.2, 0.25) is 0 Å². The van der Waals surface area contributed by atoms with Gasteiger partial charge in [0.05, 0.1) is 4.90 Å². The molecule has 0 spiro atoms. The first-order valence-electron chi connectivity index (χ1n) is 4.87. The Morgan fingerprint density at radius 2 is 2.18 bits per heavy atom. The van der Waals surface area contributed by atoms with Crippen molar-refractivity contribution in [2.45, 2.75) is 24.3 Å². The lowest BCUT2D eigenvalue weighted by Crippen LogP contribution is -2.35. The van der Waals surface area contributed by atoms with Gasteiger partial charge in [-0.2, -0.15) is 0 Å². The van der Waals surface area contributed by atoms with Crippen molar-refractivity contribution in [2.75, 3.05) is 0 Å². The molecule has 94 valence electrons. The molecule has 1 aromatic rings. The SMILES string of the molecule is CC(CC(N)=O)NS(=O)(=O)c1cccc(Br)c1. The van der Waals surface area contributed by atoms with Gasteiger partial charge in [0.25, 0.3) is 0 Å². The summed E-state index contributed by atoms with van der Waals surface area (Å²) in [7, 11) is -3.62. The van der Waals surface area contributed by atoms with Crippen molar-refractivity contribution in [2.24, 2.45) is 5.73 Å². The molecule has 1 atom stereocenters. The molecule has 1 unspecified atom stereocenters. The highest BCUT2D eigenvalue weighted by atomic mass is 79.9. The maximum atomic E-state index is 11.9. The van der Waals surface area contributed by atoms with E-state index in [1.807, 2.05) is 0 Å². The van der Waals surface area contributed by atoms with Crippen molar-refractivity contribution in [3.05, 3.63) is 28.7 Å². The van der Waals surface area contributed by atoms with E-state index in [-0.39, 0.29) is 11.3 Å². The van der Waals surface area contributed by atoms with E-state index in [1.165, 1.54) is 12.1 Å². The molecule has 1 aromatic carbocycles. The van der Waals surface area contributed by atoms with Crippen molar-refractivity contribution < 1.29 is 13.2 Å². The van der Waals surface area contributed by atoms with Gasteiger partial charge in [-0.1, -0.05) is 22.0 Å². The number of halogens is 1. The van der Waals surface area contributed by atoms with Crippen LogP contribution in [0.5, 0.6) is 0 Å². The molecule has 1 amide bonds. The number of rotatable bonds is 5. The predicted molar refractivity (Wildman–Crippen MR) is 67.7 cm³/mol. The second kappa shape index (κ2) is 5.61. The number of amides is 1. The fraction of sp³-hybridized carbons (Fsp3) is 0.300. The summed E-state index contributed by atoms with van der Waals surface area (Å²) in [5, 5.41) is 0. The number of nitrogens with one attached hydrogen (secondary N) is 1. The number of sulfonamides is 1. The average molecular weight is 321 g/mol. The number of carbonyl (C=O) groups is 1. The van der Waals surface area contributed by atoms with Crippen LogP contribution in [0.3, 0.4) is 0 Å². The van der Waals surface area contributed by atoms with Crippen molar-refractivity contribution in [3.8, 4) is 0 Å². The zero-order chi connectivity index (χ0) is 13.1. The van der Waals surface area contributed by atoms with E-state index in [4.69, 9.17) is 5.73 Å². The normalized spacial score (nSPS) is 13.3. The summed E-state index contributed by atoms with van der Waals surface area (Å²) < 4.78 is 26.8. The smallest absolute Gasteiger partial charge is 0.240 e. The van der Waals surface area contributed by atoms with E-state index >= 15 is 0 Å². The molecule has 0 aliphatic carbocycles. The molecule has 7 heteroatoms. The summed E-state index contributed by atoms with van der Waals surface area (Å²) in [5.74, 6) is -0.547. The average Bonchev–Trinajstić information content (AvgIpc) is 2.15. The van der Waals surface area contributed by atoms with Crippen LogP contribution in [0.1, 0.15) is 13.3 Å². The van der Waals surface area contributed by atoms with Gasteiger partial charge in [0.2, 0.25) is 15.9 Å². The molecular formula is C10H13BrN2O3S. The Morgan fingerprint density at radius 3 is 2.71 bits per heavy atom. The summed E-state index contributed by atoms with van der Waals surface area (Å²) in [6.07, 6.45) is -0.0345. The van der Waals surface area contributed by atoms with Crippen LogP contribution < -0.4 is 10.5 Å². The largest absolute Gasteiger partial charge is 0.370 e. The maximum absolute atomic E-state index is 11.9. The Balaban J connectivity index is 2.86. The molecule has 0 bridgehead atoms. The van der Waals surface area contributed by atoms with E-state index in [1.54, 1.807) is 19.1 Å². The molecule has 0 fully saturated rings. The molecule has 0 aliphatic heterocycles. The van der Waals surface area contributed by atoms with Crippen molar-refractivity contribution in [1.29, 1.82) is 0 Å². The summed E-state index contributed by atoms with van der Waals surface area (Å²) in [6.45, 7) is 1.58. The lowest BCUT2D eigenvalue weighted by molar-refractivity contribution is -0.118.